The normalized spacial score (nSPS) is 19.9. The average molecular weight is 259 g/mol. The number of hydrogen-bond acceptors (Lipinski definition) is 3. The van der Waals surface area contributed by atoms with E-state index in [1.54, 1.807) is 0 Å². The predicted molar refractivity (Wildman–Crippen MR) is 75.6 cm³/mol. The molecule has 0 aromatic heterocycles. The van der Waals surface area contributed by atoms with Gasteiger partial charge in [0.1, 0.15) is 6.04 Å². The maximum Gasteiger partial charge on any atom is 0.323 e. The van der Waals surface area contributed by atoms with Crippen LogP contribution < -0.4 is 0 Å². The molecule has 3 heteroatoms. The van der Waals surface area contributed by atoms with Crippen molar-refractivity contribution in [3.05, 3.63) is 48.0 Å². The van der Waals surface area contributed by atoms with Gasteiger partial charge in [-0.2, -0.15) is 0 Å². The van der Waals surface area contributed by atoms with E-state index in [0.717, 1.165) is 25.9 Å². The molecule has 1 aromatic carbocycles. The number of nitrogens with zero attached hydrogens (tertiary/aromatic N) is 1. The Kier molecular flexibility index (Phi) is 5.16. The second-order valence-corrected chi connectivity index (χ2v) is 4.72. The molecule has 0 N–H and O–H groups in total. The summed E-state index contributed by atoms with van der Waals surface area (Å²) in [7, 11) is 0. The molecule has 2 rings (SSSR count). The zero-order valence-corrected chi connectivity index (χ0v) is 11.4. The molecule has 102 valence electrons. The van der Waals surface area contributed by atoms with Gasteiger partial charge < -0.3 is 4.74 Å². The smallest absolute Gasteiger partial charge is 0.323 e. The third-order valence-electron chi connectivity index (χ3n) is 3.34. The lowest BCUT2D eigenvalue weighted by atomic mass is 10.1. The maximum absolute atomic E-state index is 12.1. The molecule has 0 bridgehead atoms. The lowest BCUT2D eigenvalue weighted by Gasteiger charge is -2.28. The molecule has 0 amide bonds. The van der Waals surface area contributed by atoms with Gasteiger partial charge in [-0.25, -0.2) is 0 Å². The van der Waals surface area contributed by atoms with Crippen molar-refractivity contribution < 1.29 is 9.53 Å². The zero-order chi connectivity index (χ0) is 13.5. The Hall–Kier alpha value is -1.61. The summed E-state index contributed by atoms with van der Waals surface area (Å²) in [6, 6.07) is 10.1. The first-order chi connectivity index (χ1) is 9.31. The van der Waals surface area contributed by atoms with Crippen LogP contribution in [0.25, 0.3) is 0 Å². The largest absolute Gasteiger partial charge is 0.465 e. The monoisotopic (exact) mass is 259 g/mol. The van der Waals surface area contributed by atoms with Gasteiger partial charge in [-0.3, -0.25) is 9.69 Å². The lowest BCUT2D eigenvalue weighted by molar-refractivity contribution is -0.149. The van der Waals surface area contributed by atoms with E-state index in [-0.39, 0.29) is 12.0 Å². The first-order valence-corrected chi connectivity index (χ1v) is 6.91. The number of hydrogen-bond donors (Lipinski definition) is 0. The van der Waals surface area contributed by atoms with Gasteiger partial charge in [-0.05, 0) is 25.3 Å². The van der Waals surface area contributed by atoms with Crippen molar-refractivity contribution >= 4 is 5.97 Å². The molecule has 1 aliphatic heterocycles. The van der Waals surface area contributed by atoms with Crippen LogP contribution >= 0.6 is 0 Å². The van der Waals surface area contributed by atoms with Crippen molar-refractivity contribution in [1.29, 1.82) is 0 Å². The fourth-order valence-corrected chi connectivity index (χ4v) is 2.38. The first kappa shape index (κ1) is 13.8. The Bertz CT molecular complexity index is 428. The Morgan fingerprint density at radius 1 is 1.32 bits per heavy atom. The van der Waals surface area contributed by atoms with Crippen LogP contribution in [0.3, 0.4) is 0 Å². The van der Waals surface area contributed by atoms with Crippen LogP contribution in [0.5, 0.6) is 0 Å². The predicted octanol–water partition coefficient (Wildman–Crippen LogP) is 2.77. The molecule has 0 saturated carbocycles. The summed E-state index contributed by atoms with van der Waals surface area (Å²) in [4.78, 5) is 14.3. The van der Waals surface area contributed by atoms with Crippen LogP contribution in [0.15, 0.2) is 42.5 Å². The fourth-order valence-electron chi connectivity index (χ4n) is 2.38. The Morgan fingerprint density at radius 2 is 2.11 bits per heavy atom. The van der Waals surface area contributed by atoms with Crippen LogP contribution in [0.2, 0.25) is 0 Å². The number of esters is 1. The van der Waals surface area contributed by atoms with Crippen LogP contribution in [-0.4, -0.2) is 30.1 Å². The third-order valence-corrected chi connectivity index (χ3v) is 3.34. The standard InChI is InChI=1S/C16H21NO2/c1-2-19-16(18)15-11-7-4-8-12-17(15)13-14-9-5-3-6-10-14/h3-7,9-10,15H,2,8,11-13H2,1H3. The third kappa shape index (κ3) is 3.93. The molecule has 0 saturated heterocycles. The molecule has 1 heterocycles. The molecule has 0 radical (unpaired) electrons. The van der Waals surface area contributed by atoms with E-state index >= 15 is 0 Å². The summed E-state index contributed by atoms with van der Waals surface area (Å²) in [5, 5.41) is 0. The van der Waals surface area contributed by atoms with Crippen molar-refractivity contribution in [2.75, 3.05) is 13.2 Å². The number of ether oxygens (including phenoxy) is 1. The van der Waals surface area contributed by atoms with Gasteiger partial charge in [0, 0.05) is 13.1 Å². The van der Waals surface area contributed by atoms with Crippen molar-refractivity contribution in [1.82, 2.24) is 4.90 Å². The molecule has 1 aliphatic rings. The van der Waals surface area contributed by atoms with Gasteiger partial charge in [0.2, 0.25) is 0 Å². The Morgan fingerprint density at radius 3 is 2.84 bits per heavy atom. The fraction of sp³-hybridized carbons (Fsp3) is 0.438. The van der Waals surface area contributed by atoms with Crippen molar-refractivity contribution in [3.63, 3.8) is 0 Å². The maximum atomic E-state index is 12.1. The van der Waals surface area contributed by atoms with Gasteiger partial charge in [-0.15, -0.1) is 0 Å². The van der Waals surface area contributed by atoms with Crippen molar-refractivity contribution in [3.8, 4) is 0 Å². The van der Waals surface area contributed by atoms with Gasteiger partial charge in [-0.1, -0.05) is 42.5 Å². The van der Waals surface area contributed by atoms with Crippen molar-refractivity contribution in [2.45, 2.75) is 32.4 Å². The molecule has 0 aliphatic carbocycles. The molecular weight excluding hydrogens is 238 g/mol. The van der Waals surface area contributed by atoms with Crippen LogP contribution in [0.1, 0.15) is 25.3 Å². The SMILES string of the molecule is CCOC(=O)C1CC=CCCN1Cc1ccccc1. The highest BCUT2D eigenvalue weighted by Crippen LogP contribution is 2.16. The highest BCUT2D eigenvalue weighted by atomic mass is 16.5. The van der Waals surface area contributed by atoms with Crippen LogP contribution in [-0.2, 0) is 16.1 Å². The quantitative estimate of drug-likeness (QED) is 0.615. The molecule has 1 aromatic rings. The summed E-state index contributed by atoms with van der Waals surface area (Å²) >= 11 is 0. The number of benzene rings is 1. The Labute approximate surface area is 114 Å². The van der Waals surface area contributed by atoms with Gasteiger partial charge in [0.25, 0.3) is 0 Å². The highest BCUT2D eigenvalue weighted by Gasteiger charge is 2.26. The topological polar surface area (TPSA) is 29.5 Å². The van der Waals surface area contributed by atoms with Gasteiger partial charge in [0.15, 0.2) is 0 Å². The van der Waals surface area contributed by atoms with E-state index in [0.29, 0.717) is 6.61 Å². The summed E-state index contributed by atoms with van der Waals surface area (Å²) in [5.41, 5.74) is 1.23. The van der Waals surface area contributed by atoms with E-state index < -0.39 is 0 Å². The number of carbonyl (C=O) groups excluding carboxylic acids is 1. The second kappa shape index (κ2) is 7.10. The average Bonchev–Trinajstić information content (AvgIpc) is 2.66. The van der Waals surface area contributed by atoms with E-state index in [1.165, 1.54) is 5.56 Å². The van der Waals surface area contributed by atoms with E-state index in [2.05, 4.69) is 29.2 Å². The summed E-state index contributed by atoms with van der Waals surface area (Å²) in [6.45, 7) is 3.99. The zero-order valence-electron chi connectivity index (χ0n) is 11.4. The summed E-state index contributed by atoms with van der Waals surface area (Å²) in [5.74, 6) is -0.106. The molecule has 1 unspecified atom stereocenters. The van der Waals surface area contributed by atoms with Gasteiger partial charge >= 0.3 is 5.97 Å². The number of carbonyl (C=O) groups is 1. The molecule has 3 nitrogen and oxygen atoms in total. The molecule has 19 heavy (non-hydrogen) atoms. The minimum absolute atomic E-state index is 0.106. The number of rotatable bonds is 4. The highest BCUT2D eigenvalue weighted by molar-refractivity contribution is 5.76. The van der Waals surface area contributed by atoms with E-state index in [1.807, 2.05) is 25.1 Å². The molecule has 0 fully saturated rings. The minimum atomic E-state index is -0.154. The summed E-state index contributed by atoms with van der Waals surface area (Å²) < 4.78 is 5.19. The van der Waals surface area contributed by atoms with Gasteiger partial charge in [0.05, 0.1) is 6.61 Å². The molecule has 1 atom stereocenters. The second-order valence-electron chi connectivity index (χ2n) is 4.72. The summed E-state index contributed by atoms with van der Waals surface area (Å²) in [6.07, 6.45) is 5.97. The first-order valence-electron chi connectivity index (χ1n) is 6.91. The lowest BCUT2D eigenvalue weighted by Crippen LogP contribution is -2.41. The Balaban J connectivity index is 2.08. The van der Waals surface area contributed by atoms with E-state index in [4.69, 9.17) is 4.74 Å². The van der Waals surface area contributed by atoms with E-state index in [9.17, 15) is 4.79 Å². The molecular formula is C16H21NO2. The van der Waals surface area contributed by atoms with Crippen LogP contribution in [0.4, 0.5) is 0 Å². The van der Waals surface area contributed by atoms with Crippen LogP contribution in [0, 0.1) is 0 Å². The minimum Gasteiger partial charge on any atom is -0.465 e. The van der Waals surface area contributed by atoms with Crippen molar-refractivity contribution in [2.24, 2.45) is 0 Å². The molecule has 0 spiro atoms.